The van der Waals surface area contributed by atoms with E-state index in [4.69, 9.17) is 5.11 Å². The van der Waals surface area contributed by atoms with Gasteiger partial charge in [-0.05, 0) is 0 Å². The predicted octanol–water partition coefficient (Wildman–Crippen LogP) is 2.39. The van der Waals surface area contributed by atoms with E-state index in [9.17, 15) is 13.2 Å². The Morgan fingerprint density at radius 3 is 2.56 bits per heavy atom. The van der Waals surface area contributed by atoms with Gasteiger partial charge in [0.05, 0.1) is 4.88 Å². The fraction of sp³-hybridized carbons (Fsp3) is 0.700. The van der Waals surface area contributed by atoms with Gasteiger partial charge in [-0.2, -0.15) is 17.7 Å². The number of thiazole rings is 1. The summed E-state index contributed by atoms with van der Waals surface area (Å²) in [6.07, 6.45) is -3.79. The molecule has 1 aromatic heterocycles. The smallest absolute Gasteiger partial charge is 0.396 e. The van der Waals surface area contributed by atoms with Crippen molar-refractivity contribution in [3.63, 3.8) is 0 Å². The van der Waals surface area contributed by atoms with Crippen LogP contribution in [-0.2, 0) is 6.42 Å². The van der Waals surface area contributed by atoms with Crippen LogP contribution in [0.4, 0.5) is 13.2 Å². The molecule has 0 aliphatic heterocycles. The zero-order chi connectivity index (χ0) is 12.3. The number of hydrogen-bond donors (Lipinski definition) is 1. The van der Waals surface area contributed by atoms with E-state index in [1.807, 2.05) is 0 Å². The van der Waals surface area contributed by atoms with Crippen LogP contribution in [0, 0.1) is 6.92 Å². The second-order valence-electron chi connectivity index (χ2n) is 3.58. The molecular weight excluding hydrogens is 239 g/mol. The van der Waals surface area contributed by atoms with E-state index in [2.05, 4.69) is 0 Å². The van der Waals surface area contributed by atoms with Crippen LogP contribution in [-0.4, -0.2) is 17.9 Å². The third-order valence-corrected chi connectivity index (χ3v) is 3.66. The monoisotopic (exact) mass is 254 g/mol. The maximum atomic E-state index is 12.7. The van der Waals surface area contributed by atoms with Crippen LogP contribution in [0.3, 0.4) is 0 Å². The van der Waals surface area contributed by atoms with Crippen LogP contribution in [0.25, 0.3) is 0 Å². The van der Waals surface area contributed by atoms with Crippen LogP contribution < -0.4 is 4.57 Å². The summed E-state index contributed by atoms with van der Waals surface area (Å²) in [5.41, 5.74) is 2.09. The van der Waals surface area contributed by atoms with Crippen molar-refractivity contribution in [1.29, 1.82) is 0 Å². The minimum atomic E-state index is -4.22. The lowest BCUT2D eigenvalue weighted by Gasteiger charge is -2.13. The minimum Gasteiger partial charge on any atom is -0.396 e. The number of rotatable bonds is 4. The highest BCUT2D eigenvalue weighted by molar-refractivity contribution is 7.09. The van der Waals surface area contributed by atoms with Gasteiger partial charge in [0.2, 0.25) is 5.51 Å². The molecule has 1 atom stereocenters. The molecule has 0 spiro atoms. The number of aromatic nitrogens is 1. The molecule has 0 aliphatic carbocycles. The van der Waals surface area contributed by atoms with Gasteiger partial charge in [0.25, 0.3) is 6.04 Å². The molecule has 1 rings (SSSR count). The van der Waals surface area contributed by atoms with Gasteiger partial charge >= 0.3 is 6.18 Å². The van der Waals surface area contributed by atoms with Crippen LogP contribution in [0.5, 0.6) is 0 Å². The lowest BCUT2D eigenvalue weighted by Crippen LogP contribution is -2.47. The number of nitrogens with zero attached hydrogens (tertiary/aromatic N) is 1. The normalized spacial score (nSPS) is 14.1. The van der Waals surface area contributed by atoms with Crippen LogP contribution in [0.15, 0.2) is 5.51 Å². The third kappa shape index (κ3) is 2.74. The van der Waals surface area contributed by atoms with Gasteiger partial charge in [-0.1, -0.05) is 18.3 Å². The molecule has 92 valence electrons. The molecule has 0 saturated carbocycles. The highest BCUT2D eigenvalue weighted by Crippen LogP contribution is 2.30. The molecule has 0 radical (unpaired) electrons. The highest BCUT2D eigenvalue weighted by Gasteiger charge is 2.47. The van der Waals surface area contributed by atoms with Crippen molar-refractivity contribution in [2.45, 2.75) is 38.9 Å². The minimum absolute atomic E-state index is 0.0182. The molecule has 1 unspecified atom stereocenters. The summed E-state index contributed by atoms with van der Waals surface area (Å²) in [6, 6.07) is -1.46. The zero-order valence-electron chi connectivity index (χ0n) is 9.21. The van der Waals surface area contributed by atoms with Crippen LogP contribution in [0.1, 0.15) is 30.0 Å². The first-order valence-corrected chi connectivity index (χ1v) is 5.95. The predicted molar refractivity (Wildman–Crippen MR) is 55.4 cm³/mol. The van der Waals surface area contributed by atoms with E-state index in [0.29, 0.717) is 12.1 Å². The molecule has 1 heterocycles. The summed E-state index contributed by atoms with van der Waals surface area (Å²) in [7, 11) is 0. The van der Waals surface area contributed by atoms with Gasteiger partial charge in [-0.25, -0.2) is 0 Å². The van der Waals surface area contributed by atoms with E-state index in [1.54, 1.807) is 6.92 Å². The maximum absolute atomic E-state index is 12.7. The van der Waals surface area contributed by atoms with Crippen molar-refractivity contribution in [1.82, 2.24) is 0 Å². The summed E-state index contributed by atoms with van der Waals surface area (Å²) in [4.78, 5) is 0.810. The van der Waals surface area contributed by atoms with Gasteiger partial charge in [0, 0.05) is 26.4 Å². The topological polar surface area (TPSA) is 24.1 Å². The average molecular weight is 254 g/mol. The molecule has 6 heteroatoms. The van der Waals surface area contributed by atoms with Crippen molar-refractivity contribution < 1.29 is 22.8 Å². The molecule has 0 aromatic carbocycles. The lowest BCUT2D eigenvalue weighted by atomic mass is 10.2. The number of aliphatic hydroxyl groups excluding tert-OH is 1. The van der Waals surface area contributed by atoms with E-state index in [-0.39, 0.29) is 13.0 Å². The number of hydrogen-bond acceptors (Lipinski definition) is 2. The molecule has 0 bridgehead atoms. The second kappa shape index (κ2) is 5.14. The number of halogens is 3. The Morgan fingerprint density at radius 2 is 2.12 bits per heavy atom. The largest absolute Gasteiger partial charge is 0.451 e. The first-order chi connectivity index (χ1) is 7.41. The fourth-order valence-corrected chi connectivity index (χ4v) is 2.69. The standard InChI is InChI=1S/C10H15F3NOS/c1-3-9(10(11,12)13)14-6-16-8(4-5-15)7(14)2/h6,9,15H,3-5H2,1-2H3/q+1. The first-order valence-electron chi connectivity index (χ1n) is 5.07. The molecule has 16 heavy (non-hydrogen) atoms. The Labute approximate surface area is 96.3 Å². The summed E-state index contributed by atoms with van der Waals surface area (Å²) in [5.74, 6) is 0. The third-order valence-electron chi connectivity index (χ3n) is 2.54. The van der Waals surface area contributed by atoms with Gasteiger partial charge in [0.1, 0.15) is 0 Å². The Morgan fingerprint density at radius 1 is 1.50 bits per heavy atom. The van der Waals surface area contributed by atoms with Gasteiger partial charge in [-0.15, -0.1) is 0 Å². The average Bonchev–Trinajstić information content (AvgIpc) is 2.50. The highest BCUT2D eigenvalue weighted by atomic mass is 32.1. The van der Waals surface area contributed by atoms with Crippen molar-refractivity contribution in [2.75, 3.05) is 6.61 Å². The molecule has 0 saturated heterocycles. The van der Waals surface area contributed by atoms with Gasteiger partial charge in [0.15, 0.2) is 5.69 Å². The fourth-order valence-electron chi connectivity index (χ4n) is 1.66. The summed E-state index contributed by atoms with van der Waals surface area (Å²) in [5, 5.41) is 8.78. The SMILES string of the molecule is CCC([n+]1csc(CCO)c1C)C(F)(F)F. The zero-order valence-corrected chi connectivity index (χ0v) is 10.0. The van der Waals surface area contributed by atoms with Crippen molar-refractivity contribution >= 4 is 11.3 Å². The Balaban J connectivity index is 3.03. The van der Waals surface area contributed by atoms with E-state index >= 15 is 0 Å². The summed E-state index contributed by atoms with van der Waals surface area (Å²) < 4.78 is 39.4. The van der Waals surface area contributed by atoms with E-state index in [0.717, 1.165) is 4.88 Å². The molecular formula is C10H15F3NOS+. The van der Waals surface area contributed by atoms with Crippen molar-refractivity contribution in [2.24, 2.45) is 0 Å². The first kappa shape index (κ1) is 13.4. The van der Waals surface area contributed by atoms with Gasteiger partial charge < -0.3 is 5.11 Å². The Kier molecular flexibility index (Phi) is 4.32. The molecule has 0 amide bonds. The van der Waals surface area contributed by atoms with Gasteiger partial charge in [-0.3, -0.25) is 0 Å². The Bertz CT molecular complexity index is 348. The van der Waals surface area contributed by atoms with Crippen molar-refractivity contribution in [3.05, 3.63) is 16.1 Å². The molecule has 1 N–H and O–H groups in total. The van der Waals surface area contributed by atoms with Crippen LogP contribution >= 0.6 is 11.3 Å². The molecule has 2 nitrogen and oxygen atoms in total. The van der Waals surface area contributed by atoms with E-state index < -0.39 is 12.2 Å². The summed E-state index contributed by atoms with van der Waals surface area (Å²) in [6.45, 7) is 3.15. The molecule has 0 fully saturated rings. The number of aliphatic hydroxyl groups is 1. The molecule has 0 aliphatic rings. The van der Waals surface area contributed by atoms with Crippen LogP contribution in [0.2, 0.25) is 0 Å². The summed E-state index contributed by atoms with van der Waals surface area (Å²) >= 11 is 1.26. The Hall–Kier alpha value is -0.620. The maximum Gasteiger partial charge on any atom is 0.451 e. The molecule has 1 aromatic rings. The second-order valence-corrected chi connectivity index (χ2v) is 4.52. The number of alkyl halides is 3. The lowest BCUT2D eigenvalue weighted by molar-refractivity contribution is -0.748. The van der Waals surface area contributed by atoms with E-state index in [1.165, 1.54) is 28.3 Å². The van der Waals surface area contributed by atoms with Crippen molar-refractivity contribution in [3.8, 4) is 0 Å². The quantitative estimate of drug-likeness (QED) is 0.820.